The Labute approximate surface area is 194 Å². The molecule has 0 N–H and O–H groups in total. The van der Waals surface area contributed by atoms with Crippen LogP contribution in [0.25, 0.3) is 28.2 Å². The third kappa shape index (κ3) is 4.01. The van der Waals surface area contributed by atoms with Gasteiger partial charge in [-0.05, 0) is 26.0 Å². The van der Waals surface area contributed by atoms with Gasteiger partial charge in [-0.3, -0.25) is 4.79 Å². The summed E-state index contributed by atoms with van der Waals surface area (Å²) in [7, 11) is 0. The molecule has 160 valence electrons. The summed E-state index contributed by atoms with van der Waals surface area (Å²) in [5.74, 6) is -0.0355. The van der Waals surface area contributed by atoms with E-state index in [4.69, 9.17) is 5.10 Å². The van der Waals surface area contributed by atoms with E-state index >= 15 is 0 Å². The number of carbonyl (C=O) groups excluding carboxylic acids is 1. The van der Waals surface area contributed by atoms with E-state index in [1.807, 2.05) is 96.5 Å². The molecule has 3 nitrogen and oxygen atoms in total. The van der Waals surface area contributed by atoms with Gasteiger partial charge in [0.25, 0.3) is 0 Å². The van der Waals surface area contributed by atoms with Gasteiger partial charge in [0.2, 0.25) is 0 Å². The van der Waals surface area contributed by atoms with Crippen LogP contribution in [0.5, 0.6) is 0 Å². The standard InChI is InChI=1S/C30H24N2O/c1-21-13-17-24(18-14-21)29-27(30(33)25-19-15-22(2)16-20-25)28(23-9-5-3-6-10-23)31-32(29)26-11-7-4-8-12-26/h3-20H,1-2H3. The molecule has 5 aromatic rings. The summed E-state index contributed by atoms with van der Waals surface area (Å²) in [6.07, 6.45) is 0. The summed E-state index contributed by atoms with van der Waals surface area (Å²) < 4.78 is 1.90. The fraction of sp³-hybridized carbons (Fsp3) is 0.0667. The highest BCUT2D eigenvalue weighted by Gasteiger charge is 2.27. The van der Waals surface area contributed by atoms with Gasteiger partial charge in [0.05, 0.1) is 16.9 Å². The Morgan fingerprint density at radius 2 is 1.18 bits per heavy atom. The van der Waals surface area contributed by atoms with Crippen molar-refractivity contribution in [1.82, 2.24) is 9.78 Å². The topological polar surface area (TPSA) is 34.9 Å². The average Bonchev–Trinajstić information content (AvgIpc) is 3.26. The van der Waals surface area contributed by atoms with Crippen LogP contribution in [-0.2, 0) is 0 Å². The van der Waals surface area contributed by atoms with Crippen LogP contribution < -0.4 is 0 Å². The second-order valence-corrected chi connectivity index (χ2v) is 8.25. The van der Waals surface area contributed by atoms with Crippen LogP contribution in [0.2, 0.25) is 0 Å². The highest BCUT2D eigenvalue weighted by Crippen LogP contribution is 2.36. The minimum atomic E-state index is -0.0355. The van der Waals surface area contributed by atoms with Crippen LogP contribution in [0.3, 0.4) is 0 Å². The number of rotatable bonds is 5. The number of nitrogens with zero attached hydrogens (tertiary/aromatic N) is 2. The Morgan fingerprint density at radius 3 is 1.79 bits per heavy atom. The average molecular weight is 429 g/mol. The van der Waals surface area contributed by atoms with Crippen molar-refractivity contribution in [3.63, 3.8) is 0 Å². The number of carbonyl (C=O) groups is 1. The molecule has 0 fully saturated rings. The van der Waals surface area contributed by atoms with Gasteiger partial charge in [0, 0.05) is 16.7 Å². The molecule has 0 aliphatic heterocycles. The van der Waals surface area contributed by atoms with Crippen molar-refractivity contribution in [2.75, 3.05) is 0 Å². The largest absolute Gasteiger partial charge is 0.288 e. The number of aryl methyl sites for hydroxylation is 2. The van der Waals surface area contributed by atoms with E-state index in [2.05, 4.69) is 31.2 Å². The van der Waals surface area contributed by atoms with E-state index in [9.17, 15) is 4.79 Å². The molecular weight excluding hydrogens is 404 g/mol. The lowest BCUT2D eigenvalue weighted by Gasteiger charge is -2.11. The SMILES string of the molecule is Cc1ccc(C(=O)c2c(-c3ccccc3)nn(-c3ccccc3)c2-c2ccc(C)cc2)cc1. The molecule has 33 heavy (non-hydrogen) atoms. The number of aromatic nitrogens is 2. The monoisotopic (exact) mass is 428 g/mol. The smallest absolute Gasteiger partial charge is 0.197 e. The van der Waals surface area contributed by atoms with Gasteiger partial charge in [0.1, 0.15) is 5.69 Å². The summed E-state index contributed by atoms with van der Waals surface area (Å²) in [5.41, 5.74) is 7.80. The van der Waals surface area contributed by atoms with E-state index in [1.54, 1.807) is 0 Å². The highest BCUT2D eigenvalue weighted by atomic mass is 16.1. The van der Waals surface area contributed by atoms with Crippen LogP contribution in [0.4, 0.5) is 0 Å². The van der Waals surface area contributed by atoms with E-state index in [0.29, 0.717) is 16.8 Å². The van der Waals surface area contributed by atoms with Gasteiger partial charge in [0.15, 0.2) is 5.78 Å². The van der Waals surface area contributed by atoms with Crippen molar-refractivity contribution in [2.24, 2.45) is 0 Å². The molecule has 0 aliphatic carbocycles. The predicted molar refractivity (Wildman–Crippen MR) is 134 cm³/mol. The molecule has 4 aromatic carbocycles. The van der Waals surface area contributed by atoms with E-state index in [-0.39, 0.29) is 5.78 Å². The van der Waals surface area contributed by atoms with Crippen LogP contribution in [-0.4, -0.2) is 15.6 Å². The molecular formula is C30H24N2O. The van der Waals surface area contributed by atoms with Crippen LogP contribution in [0, 0.1) is 13.8 Å². The number of ketones is 1. The van der Waals surface area contributed by atoms with Crippen molar-refractivity contribution in [3.05, 3.63) is 131 Å². The quantitative estimate of drug-likeness (QED) is 0.281. The van der Waals surface area contributed by atoms with Gasteiger partial charge in [-0.1, -0.05) is 108 Å². The summed E-state index contributed by atoms with van der Waals surface area (Å²) in [6.45, 7) is 4.08. The Kier molecular flexibility index (Phi) is 5.45. The highest BCUT2D eigenvalue weighted by molar-refractivity contribution is 6.16. The van der Waals surface area contributed by atoms with E-state index in [1.165, 1.54) is 5.56 Å². The summed E-state index contributed by atoms with van der Waals surface area (Å²) >= 11 is 0. The number of para-hydroxylation sites is 1. The summed E-state index contributed by atoms with van der Waals surface area (Å²) in [6, 6.07) is 35.9. The third-order valence-corrected chi connectivity index (χ3v) is 5.80. The first-order valence-corrected chi connectivity index (χ1v) is 11.0. The maximum atomic E-state index is 14.0. The second kappa shape index (κ2) is 8.71. The predicted octanol–water partition coefficient (Wildman–Crippen LogP) is 7.05. The van der Waals surface area contributed by atoms with Gasteiger partial charge in [-0.15, -0.1) is 0 Å². The van der Waals surface area contributed by atoms with Crippen molar-refractivity contribution in [1.29, 1.82) is 0 Å². The minimum absolute atomic E-state index is 0.0355. The van der Waals surface area contributed by atoms with E-state index in [0.717, 1.165) is 28.1 Å². The zero-order chi connectivity index (χ0) is 22.8. The lowest BCUT2D eigenvalue weighted by atomic mass is 9.94. The molecule has 0 saturated heterocycles. The lowest BCUT2D eigenvalue weighted by molar-refractivity contribution is 0.104. The Hall–Kier alpha value is -4.24. The van der Waals surface area contributed by atoms with Gasteiger partial charge in [-0.25, -0.2) is 4.68 Å². The molecule has 3 heteroatoms. The van der Waals surface area contributed by atoms with Crippen molar-refractivity contribution in [3.8, 4) is 28.2 Å². The molecule has 0 aliphatic rings. The first-order valence-electron chi connectivity index (χ1n) is 11.0. The number of benzene rings is 4. The molecule has 1 aromatic heterocycles. The zero-order valence-electron chi connectivity index (χ0n) is 18.7. The molecule has 0 unspecified atom stereocenters. The second-order valence-electron chi connectivity index (χ2n) is 8.25. The van der Waals surface area contributed by atoms with Gasteiger partial charge in [-0.2, -0.15) is 5.10 Å². The fourth-order valence-electron chi connectivity index (χ4n) is 4.01. The molecule has 0 atom stereocenters. The molecule has 0 spiro atoms. The molecule has 0 saturated carbocycles. The number of hydrogen-bond donors (Lipinski definition) is 0. The van der Waals surface area contributed by atoms with E-state index < -0.39 is 0 Å². The van der Waals surface area contributed by atoms with Crippen LogP contribution >= 0.6 is 0 Å². The first kappa shape index (κ1) is 20.7. The van der Waals surface area contributed by atoms with Gasteiger partial charge >= 0.3 is 0 Å². The maximum Gasteiger partial charge on any atom is 0.197 e. The van der Waals surface area contributed by atoms with Crippen LogP contribution in [0.15, 0.2) is 109 Å². The Morgan fingerprint density at radius 1 is 0.636 bits per heavy atom. The van der Waals surface area contributed by atoms with Gasteiger partial charge < -0.3 is 0 Å². The Bertz CT molecular complexity index is 1400. The molecule has 1 heterocycles. The maximum absolute atomic E-state index is 14.0. The van der Waals surface area contributed by atoms with Crippen molar-refractivity contribution >= 4 is 5.78 Å². The molecule has 5 rings (SSSR count). The number of hydrogen-bond acceptors (Lipinski definition) is 2. The normalized spacial score (nSPS) is 10.8. The molecule has 0 bridgehead atoms. The van der Waals surface area contributed by atoms with Crippen molar-refractivity contribution < 1.29 is 4.79 Å². The first-order chi connectivity index (χ1) is 16.1. The molecule has 0 radical (unpaired) electrons. The van der Waals surface area contributed by atoms with Crippen LogP contribution in [0.1, 0.15) is 27.0 Å². The third-order valence-electron chi connectivity index (χ3n) is 5.80. The Balaban J connectivity index is 1.84. The lowest BCUT2D eigenvalue weighted by Crippen LogP contribution is -2.06. The summed E-state index contributed by atoms with van der Waals surface area (Å²) in [5, 5.41) is 5.01. The zero-order valence-corrected chi connectivity index (χ0v) is 18.7. The fourth-order valence-corrected chi connectivity index (χ4v) is 4.01. The summed E-state index contributed by atoms with van der Waals surface area (Å²) in [4.78, 5) is 14.0. The minimum Gasteiger partial charge on any atom is -0.288 e. The van der Waals surface area contributed by atoms with Crippen molar-refractivity contribution in [2.45, 2.75) is 13.8 Å². The molecule has 0 amide bonds.